The van der Waals surface area contributed by atoms with E-state index in [-0.39, 0.29) is 22.1 Å². The average molecular weight is 373 g/mol. The Kier molecular flexibility index (Phi) is 6.16. The van der Waals surface area contributed by atoms with Crippen molar-refractivity contribution in [3.8, 4) is 0 Å². The van der Waals surface area contributed by atoms with Crippen molar-refractivity contribution in [1.82, 2.24) is 0 Å². The van der Waals surface area contributed by atoms with Crippen LogP contribution < -0.4 is 0 Å². The summed E-state index contributed by atoms with van der Waals surface area (Å²) in [6.07, 6.45) is 0. The highest BCUT2D eigenvalue weighted by Gasteiger charge is 2.22. The SMILES string of the molecule is C[C@@H](Sc1ccc(F)cc1)[C@@H](Sc1ccc(F)cc1)c1ccccc1. The van der Waals surface area contributed by atoms with Crippen molar-refractivity contribution in [2.75, 3.05) is 0 Å². The molecule has 2 atom stereocenters. The van der Waals surface area contributed by atoms with Crippen molar-refractivity contribution < 1.29 is 8.78 Å². The maximum Gasteiger partial charge on any atom is 0.123 e. The second-order valence-electron chi connectivity index (χ2n) is 5.68. The smallest absolute Gasteiger partial charge is 0.123 e. The second-order valence-corrected chi connectivity index (χ2v) is 8.35. The zero-order valence-corrected chi connectivity index (χ0v) is 15.4. The molecule has 0 amide bonds. The van der Waals surface area contributed by atoms with Crippen LogP contribution in [0.3, 0.4) is 0 Å². The van der Waals surface area contributed by atoms with Gasteiger partial charge in [-0.3, -0.25) is 0 Å². The van der Waals surface area contributed by atoms with Gasteiger partial charge in [-0.25, -0.2) is 8.78 Å². The quantitative estimate of drug-likeness (QED) is 0.428. The summed E-state index contributed by atoms with van der Waals surface area (Å²) < 4.78 is 26.3. The minimum atomic E-state index is -0.227. The zero-order valence-electron chi connectivity index (χ0n) is 13.7. The molecule has 3 rings (SSSR count). The van der Waals surface area contributed by atoms with E-state index in [9.17, 15) is 8.78 Å². The number of rotatable bonds is 6. The first-order valence-corrected chi connectivity index (χ1v) is 9.77. The van der Waals surface area contributed by atoms with Crippen LogP contribution in [0.5, 0.6) is 0 Å². The molecule has 3 aromatic carbocycles. The number of hydrogen-bond donors (Lipinski definition) is 0. The Morgan fingerprint density at radius 2 is 1.12 bits per heavy atom. The van der Waals surface area contributed by atoms with Crippen molar-refractivity contribution in [3.05, 3.63) is 96.1 Å². The van der Waals surface area contributed by atoms with Gasteiger partial charge in [0.25, 0.3) is 0 Å². The van der Waals surface area contributed by atoms with Crippen LogP contribution in [0.2, 0.25) is 0 Å². The summed E-state index contributed by atoms with van der Waals surface area (Å²) in [5, 5.41) is 0.449. The van der Waals surface area contributed by atoms with Crippen LogP contribution in [0.4, 0.5) is 8.78 Å². The van der Waals surface area contributed by atoms with Gasteiger partial charge >= 0.3 is 0 Å². The normalized spacial score (nSPS) is 13.4. The van der Waals surface area contributed by atoms with Gasteiger partial charge in [-0.15, -0.1) is 23.5 Å². The molecule has 128 valence electrons. The summed E-state index contributed by atoms with van der Waals surface area (Å²) in [6, 6.07) is 23.5. The van der Waals surface area contributed by atoms with Gasteiger partial charge in [-0.2, -0.15) is 0 Å². The summed E-state index contributed by atoms with van der Waals surface area (Å²) >= 11 is 3.44. The van der Waals surface area contributed by atoms with Gasteiger partial charge in [-0.1, -0.05) is 37.3 Å². The lowest BCUT2D eigenvalue weighted by Crippen LogP contribution is -2.08. The van der Waals surface area contributed by atoms with Crippen LogP contribution in [0, 0.1) is 11.6 Å². The van der Waals surface area contributed by atoms with Crippen LogP contribution in [0.25, 0.3) is 0 Å². The Labute approximate surface area is 155 Å². The van der Waals surface area contributed by atoms with Gasteiger partial charge in [0.2, 0.25) is 0 Å². The van der Waals surface area contributed by atoms with Crippen LogP contribution in [0.1, 0.15) is 17.7 Å². The Morgan fingerprint density at radius 3 is 1.64 bits per heavy atom. The van der Waals surface area contributed by atoms with E-state index in [1.165, 1.54) is 29.8 Å². The van der Waals surface area contributed by atoms with E-state index in [0.717, 1.165) is 9.79 Å². The first-order chi connectivity index (χ1) is 12.1. The van der Waals surface area contributed by atoms with E-state index in [1.54, 1.807) is 35.7 Å². The number of hydrogen-bond acceptors (Lipinski definition) is 2. The molecule has 25 heavy (non-hydrogen) atoms. The van der Waals surface area contributed by atoms with E-state index >= 15 is 0 Å². The van der Waals surface area contributed by atoms with E-state index in [2.05, 4.69) is 19.1 Å². The molecule has 0 radical (unpaired) electrons. The number of thioether (sulfide) groups is 2. The van der Waals surface area contributed by atoms with Gasteiger partial charge in [0.15, 0.2) is 0 Å². The maximum absolute atomic E-state index is 13.2. The van der Waals surface area contributed by atoms with Gasteiger partial charge in [-0.05, 0) is 54.1 Å². The molecule has 0 spiro atoms. The highest BCUT2D eigenvalue weighted by molar-refractivity contribution is 8.03. The third-order valence-corrected chi connectivity index (χ3v) is 6.61. The first kappa shape index (κ1) is 18.0. The molecule has 0 aromatic heterocycles. The predicted molar refractivity (Wildman–Crippen MR) is 103 cm³/mol. The minimum absolute atomic E-state index is 0.196. The Bertz CT molecular complexity index is 786. The molecular weight excluding hydrogens is 354 g/mol. The molecule has 0 nitrogen and oxygen atoms in total. The molecule has 0 heterocycles. The summed E-state index contributed by atoms with van der Waals surface area (Å²) in [4.78, 5) is 2.07. The third kappa shape index (κ3) is 5.10. The molecule has 0 aliphatic heterocycles. The molecule has 0 aliphatic rings. The fourth-order valence-corrected chi connectivity index (χ4v) is 4.93. The van der Waals surface area contributed by atoms with Gasteiger partial charge < -0.3 is 0 Å². The zero-order chi connectivity index (χ0) is 17.6. The molecule has 3 aromatic rings. The molecular formula is C21H18F2S2. The lowest BCUT2D eigenvalue weighted by molar-refractivity contribution is 0.626. The molecule has 0 aliphatic carbocycles. The minimum Gasteiger partial charge on any atom is -0.207 e. The number of halogens is 2. The van der Waals surface area contributed by atoms with Crippen LogP contribution >= 0.6 is 23.5 Å². The molecule has 0 bridgehead atoms. The molecule has 4 heteroatoms. The number of benzene rings is 3. The highest BCUT2D eigenvalue weighted by atomic mass is 32.2. The Morgan fingerprint density at radius 1 is 0.640 bits per heavy atom. The van der Waals surface area contributed by atoms with E-state index in [4.69, 9.17) is 0 Å². The topological polar surface area (TPSA) is 0 Å². The fourth-order valence-electron chi connectivity index (χ4n) is 2.53. The third-order valence-electron chi connectivity index (χ3n) is 3.77. The van der Waals surface area contributed by atoms with E-state index in [1.807, 2.05) is 30.3 Å². The lowest BCUT2D eigenvalue weighted by atomic mass is 10.1. The average Bonchev–Trinajstić information content (AvgIpc) is 2.64. The first-order valence-electron chi connectivity index (χ1n) is 8.01. The monoisotopic (exact) mass is 372 g/mol. The molecule has 0 saturated heterocycles. The predicted octanol–water partition coefficient (Wildman–Crippen LogP) is 6.98. The van der Waals surface area contributed by atoms with Gasteiger partial charge in [0, 0.05) is 20.3 Å². The van der Waals surface area contributed by atoms with E-state index < -0.39 is 0 Å². The summed E-state index contributed by atoms with van der Waals surface area (Å²) in [6.45, 7) is 2.17. The molecule has 0 N–H and O–H groups in total. The van der Waals surface area contributed by atoms with Crippen LogP contribution in [-0.4, -0.2) is 5.25 Å². The van der Waals surface area contributed by atoms with Crippen molar-refractivity contribution in [1.29, 1.82) is 0 Å². The highest BCUT2D eigenvalue weighted by Crippen LogP contribution is 2.44. The van der Waals surface area contributed by atoms with Crippen LogP contribution in [-0.2, 0) is 0 Å². The summed E-state index contributed by atoms with van der Waals surface area (Å²) in [5.41, 5.74) is 1.22. The Balaban J connectivity index is 1.82. The maximum atomic E-state index is 13.2. The standard InChI is InChI=1S/C21H18F2S2/c1-15(24-19-11-7-17(22)8-12-19)21(16-5-3-2-4-6-16)25-20-13-9-18(23)10-14-20/h2-15,21H,1H3/t15-,21-/m1/s1. The molecule has 0 fully saturated rings. The fraction of sp³-hybridized carbons (Fsp3) is 0.143. The molecule has 0 unspecified atom stereocenters. The van der Waals surface area contributed by atoms with Crippen molar-refractivity contribution in [2.24, 2.45) is 0 Å². The van der Waals surface area contributed by atoms with Crippen molar-refractivity contribution in [2.45, 2.75) is 27.2 Å². The summed E-state index contributed by atoms with van der Waals surface area (Å²) in [5.74, 6) is -0.452. The summed E-state index contributed by atoms with van der Waals surface area (Å²) in [7, 11) is 0. The second kappa shape index (κ2) is 8.54. The van der Waals surface area contributed by atoms with Crippen LogP contribution in [0.15, 0.2) is 88.7 Å². The largest absolute Gasteiger partial charge is 0.207 e. The van der Waals surface area contributed by atoms with Crippen molar-refractivity contribution in [3.63, 3.8) is 0 Å². The van der Waals surface area contributed by atoms with E-state index in [0.29, 0.717) is 0 Å². The lowest BCUT2D eigenvalue weighted by Gasteiger charge is -2.24. The van der Waals surface area contributed by atoms with Gasteiger partial charge in [0.05, 0.1) is 0 Å². The molecule has 0 saturated carbocycles. The van der Waals surface area contributed by atoms with Crippen molar-refractivity contribution >= 4 is 23.5 Å². The van der Waals surface area contributed by atoms with Gasteiger partial charge in [0.1, 0.15) is 11.6 Å². The Hall–Kier alpha value is -1.78.